The standard InChI is InChI=1S/C30H27FN4O3/c1-19(14-28(36)37)2-12-26-29(23-9-7-20(16-31)8-10-23)35-25-13-11-24(15-27(25)34-26)30(38)33-18-22-5-3-21(17-32)4-6-22/h3-11,13,15,19H,2,12,14,16,18H2,1H3,(H,33,38)(H,36,37). The minimum absolute atomic E-state index is 0.0499. The molecule has 7 nitrogen and oxygen atoms in total. The number of nitrogens with one attached hydrogen (secondary N) is 1. The Morgan fingerprint density at radius 2 is 1.71 bits per heavy atom. The summed E-state index contributed by atoms with van der Waals surface area (Å²) in [5.41, 5.74) is 5.74. The SMILES string of the molecule is CC(CCc1nc2cc(C(=O)NCc3ccc(C#N)cc3)ccc2nc1-c1ccc(CF)cc1)CC(=O)O. The van der Waals surface area contributed by atoms with E-state index in [1.807, 2.05) is 6.92 Å². The maximum atomic E-state index is 13.0. The van der Waals surface area contributed by atoms with Crippen molar-refractivity contribution >= 4 is 22.9 Å². The number of carbonyl (C=O) groups excluding carboxylic acids is 1. The first kappa shape index (κ1) is 26.4. The van der Waals surface area contributed by atoms with Crippen LogP contribution in [0.4, 0.5) is 4.39 Å². The van der Waals surface area contributed by atoms with Crippen molar-refractivity contribution in [2.75, 3.05) is 0 Å². The molecular weight excluding hydrogens is 483 g/mol. The van der Waals surface area contributed by atoms with Gasteiger partial charge in [0.2, 0.25) is 0 Å². The van der Waals surface area contributed by atoms with E-state index in [1.54, 1.807) is 66.7 Å². The van der Waals surface area contributed by atoms with Crippen LogP contribution >= 0.6 is 0 Å². The van der Waals surface area contributed by atoms with Gasteiger partial charge in [0.1, 0.15) is 6.67 Å². The van der Waals surface area contributed by atoms with Crippen LogP contribution in [0.3, 0.4) is 0 Å². The number of aryl methyl sites for hydroxylation is 1. The van der Waals surface area contributed by atoms with Gasteiger partial charge in [0.05, 0.1) is 34.1 Å². The molecule has 0 bridgehead atoms. The van der Waals surface area contributed by atoms with Gasteiger partial charge in [-0.3, -0.25) is 9.59 Å². The Morgan fingerprint density at radius 3 is 2.37 bits per heavy atom. The highest BCUT2D eigenvalue weighted by Crippen LogP contribution is 2.27. The molecule has 1 aromatic heterocycles. The summed E-state index contributed by atoms with van der Waals surface area (Å²) in [6.45, 7) is 1.64. The van der Waals surface area contributed by atoms with Gasteiger partial charge in [-0.1, -0.05) is 43.3 Å². The highest BCUT2D eigenvalue weighted by Gasteiger charge is 2.16. The number of hydrogen-bond donors (Lipinski definition) is 2. The van der Waals surface area contributed by atoms with Crippen molar-refractivity contribution in [3.63, 3.8) is 0 Å². The van der Waals surface area contributed by atoms with Gasteiger partial charge in [-0.25, -0.2) is 14.4 Å². The summed E-state index contributed by atoms with van der Waals surface area (Å²) < 4.78 is 13.0. The molecule has 4 rings (SSSR count). The van der Waals surface area contributed by atoms with Gasteiger partial charge in [0, 0.05) is 24.1 Å². The average molecular weight is 511 g/mol. The van der Waals surface area contributed by atoms with Crippen LogP contribution in [0.1, 0.15) is 52.5 Å². The second-order valence-corrected chi connectivity index (χ2v) is 9.29. The summed E-state index contributed by atoms with van der Waals surface area (Å²) in [4.78, 5) is 33.6. The van der Waals surface area contributed by atoms with E-state index in [4.69, 9.17) is 20.3 Å². The Hall–Kier alpha value is -4.64. The number of carboxylic acid groups (broad SMARTS) is 1. The number of hydrogen-bond acceptors (Lipinski definition) is 5. The first-order valence-electron chi connectivity index (χ1n) is 12.3. The van der Waals surface area contributed by atoms with E-state index in [1.165, 1.54) is 0 Å². The largest absolute Gasteiger partial charge is 0.481 e. The van der Waals surface area contributed by atoms with Gasteiger partial charge in [-0.2, -0.15) is 5.26 Å². The molecule has 1 heterocycles. The summed E-state index contributed by atoms with van der Waals surface area (Å²) in [5, 5.41) is 20.9. The molecule has 4 aromatic rings. The van der Waals surface area contributed by atoms with Gasteiger partial charge in [-0.15, -0.1) is 0 Å². The molecule has 1 unspecified atom stereocenters. The van der Waals surface area contributed by atoms with Crippen molar-refractivity contribution < 1.29 is 19.1 Å². The molecule has 38 heavy (non-hydrogen) atoms. The van der Waals surface area contributed by atoms with Gasteiger partial charge >= 0.3 is 5.97 Å². The van der Waals surface area contributed by atoms with Crippen LogP contribution in [0.25, 0.3) is 22.3 Å². The molecule has 0 saturated carbocycles. The zero-order valence-corrected chi connectivity index (χ0v) is 20.9. The number of benzene rings is 3. The van der Waals surface area contributed by atoms with E-state index < -0.39 is 12.6 Å². The summed E-state index contributed by atoms with van der Waals surface area (Å²) in [5.74, 6) is -1.16. The maximum absolute atomic E-state index is 13.0. The molecule has 1 atom stereocenters. The minimum Gasteiger partial charge on any atom is -0.481 e. The predicted octanol–water partition coefficient (Wildman–Crippen LogP) is 5.61. The zero-order valence-electron chi connectivity index (χ0n) is 20.9. The normalized spacial score (nSPS) is 11.6. The number of nitrogens with zero attached hydrogens (tertiary/aromatic N) is 3. The topological polar surface area (TPSA) is 116 Å². The third kappa shape index (κ3) is 6.56. The third-order valence-electron chi connectivity index (χ3n) is 6.31. The molecule has 0 aliphatic rings. The van der Waals surface area contributed by atoms with Crippen LogP contribution in [0.5, 0.6) is 0 Å². The minimum atomic E-state index is -0.846. The molecule has 8 heteroatoms. The van der Waals surface area contributed by atoms with Gasteiger partial charge in [0.25, 0.3) is 5.91 Å². The number of amides is 1. The van der Waals surface area contributed by atoms with E-state index in [9.17, 15) is 14.0 Å². The fourth-order valence-electron chi connectivity index (χ4n) is 4.15. The number of aromatic nitrogens is 2. The van der Waals surface area contributed by atoms with Gasteiger partial charge in [-0.05, 0) is 60.2 Å². The number of aliphatic carboxylic acids is 1. The Kier molecular flexibility index (Phi) is 8.39. The fraction of sp³-hybridized carbons (Fsp3) is 0.233. The summed E-state index contributed by atoms with van der Waals surface area (Å²) in [6, 6.07) is 21.2. The number of nitriles is 1. The molecule has 0 saturated heterocycles. The van der Waals surface area contributed by atoms with Crippen LogP contribution in [-0.2, 0) is 24.4 Å². The molecule has 0 aliphatic carbocycles. The van der Waals surface area contributed by atoms with Crippen LogP contribution in [0.15, 0.2) is 66.7 Å². The highest BCUT2D eigenvalue weighted by molar-refractivity contribution is 5.97. The lowest BCUT2D eigenvalue weighted by Gasteiger charge is -2.13. The Balaban J connectivity index is 1.61. The molecule has 1 amide bonds. The van der Waals surface area contributed by atoms with Crippen molar-refractivity contribution in [2.45, 2.75) is 39.4 Å². The molecule has 0 radical (unpaired) electrons. The number of fused-ring (bicyclic) bond motifs is 1. The van der Waals surface area contributed by atoms with E-state index >= 15 is 0 Å². The Labute approximate surface area is 220 Å². The number of carbonyl (C=O) groups is 2. The molecule has 0 fully saturated rings. The monoisotopic (exact) mass is 510 g/mol. The van der Waals surface area contributed by atoms with Gasteiger partial charge < -0.3 is 10.4 Å². The fourth-order valence-corrected chi connectivity index (χ4v) is 4.15. The smallest absolute Gasteiger partial charge is 0.303 e. The summed E-state index contributed by atoms with van der Waals surface area (Å²) >= 11 is 0. The van der Waals surface area contributed by atoms with Crippen molar-refractivity contribution in [1.82, 2.24) is 15.3 Å². The van der Waals surface area contributed by atoms with Crippen molar-refractivity contribution in [3.05, 3.63) is 94.7 Å². The van der Waals surface area contributed by atoms with E-state index in [2.05, 4.69) is 11.4 Å². The Bertz CT molecular complexity index is 1500. The molecule has 192 valence electrons. The van der Waals surface area contributed by atoms with Crippen LogP contribution in [0, 0.1) is 17.2 Å². The van der Waals surface area contributed by atoms with Crippen LogP contribution in [-0.4, -0.2) is 27.0 Å². The van der Waals surface area contributed by atoms with Crippen LogP contribution < -0.4 is 5.32 Å². The van der Waals surface area contributed by atoms with E-state index in [-0.39, 0.29) is 18.2 Å². The maximum Gasteiger partial charge on any atom is 0.303 e. The second-order valence-electron chi connectivity index (χ2n) is 9.29. The van der Waals surface area contributed by atoms with Gasteiger partial charge in [0.15, 0.2) is 0 Å². The first-order chi connectivity index (χ1) is 18.4. The quantitative estimate of drug-likeness (QED) is 0.286. The van der Waals surface area contributed by atoms with E-state index in [0.717, 1.165) is 11.1 Å². The highest BCUT2D eigenvalue weighted by atomic mass is 19.1. The molecule has 3 aromatic carbocycles. The Morgan fingerprint density at radius 1 is 1.00 bits per heavy atom. The zero-order chi connectivity index (χ0) is 27.1. The number of alkyl halides is 1. The van der Waals surface area contributed by atoms with E-state index in [0.29, 0.717) is 58.5 Å². The summed E-state index contributed by atoms with van der Waals surface area (Å²) in [7, 11) is 0. The van der Waals surface area contributed by atoms with Crippen molar-refractivity contribution in [3.8, 4) is 17.3 Å². The third-order valence-corrected chi connectivity index (χ3v) is 6.31. The lowest BCUT2D eigenvalue weighted by atomic mass is 9.98. The predicted molar refractivity (Wildman–Crippen MR) is 142 cm³/mol. The number of halogens is 1. The number of rotatable bonds is 10. The van der Waals surface area contributed by atoms with Crippen LogP contribution in [0.2, 0.25) is 0 Å². The molecule has 2 N–H and O–H groups in total. The number of carboxylic acids is 1. The van der Waals surface area contributed by atoms with Crippen molar-refractivity contribution in [2.24, 2.45) is 5.92 Å². The first-order valence-corrected chi connectivity index (χ1v) is 12.3. The molecule has 0 aliphatic heterocycles. The lowest BCUT2D eigenvalue weighted by molar-refractivity contribution is -0.138. The molecule has 0 spiro atoms. The lowest BCUT2D eigenvalue weighted by Crippen LogP contribution is -2.22. The van der Waals surface area contributed by atoms with Crippen molar-refractivity contribution in [1.29, 1.82) is 5.26 Å². The second kappa shape index (κ2) is 12.1. The molecular formula is C30H27FN4O3. The average Bonchev–Trinajstić information content (AvgIpc) is 2.94. The summed E-state index contributed by atoms with van der Waals surface area (Å²) in [6.07, 6.45) is 1.17.